The summed E-state index contributed by atoms with van der Waals surface area (Å²) in [6, 6.07) is 10.4. The molecule has 0 spiro atoms. The van der Waals surface area contributed by atoms with Gasteiger partial charge in [-0.3, -0.25) is 0 Å². The highest BCUT2D eigenvalue weighted by atomic mass is 32.1. The maximum absolute atomic E-state index is 6.23. The summed E-state index contributed by atoms with van der Waals surface area (Å²) in [4.78, 5) is 17.9. The van der Waals surface area contributed by atoms with Gasteiger partial charge in [-0.15, -0.1) is 11.3 Å². The van der Waals surface area contributed by atoms with Crippen molar-refractivity contribution in [1.29, 1.82) is 0 Å². The number of fused-ring (bicyclic) bond motifs is 5. The average molecular weight is 462 g/mol. The van der Waals surface area contributed by atoms with Crippen LogP contribution in [0.1, 0.15) is 38.8 Å². The Morgan fingerprint density at radius 2 is 1.88 bits per heavy atom. The summed E-state index contributed by atoms with van der Waals surface area (Å²) in [5, 5.41) is 4.72. The molecule has 0 radical (unpaired) electrons. The predicted molar refractivity (Wildman–Crippen MR) is 137 cm³/mol. The fraction of sp³-hybridized carbons (Fsp3) is 0.423. The number of anilines is 1. The van der Waals surface area contributed by atoms with E-state index in [1.807, 2.05) is 6.07 Å². The van der Waals surface area contributed by atoms with Crippen molar-refractivity contribution in [3.63, 3.8) is 0 Å². The number of ether oxygens (including phenoxy) is 1. The van der Waals surface area contributed by atoms with Gasteiger partial charge in [0, 0.05) is 36.0 Å². The van der Waals surface area contributed by atoms with Crippen LogP contribution >= 0.6 is 11.3 Å². The quantitative estimate of drug-likeness (QED) is 0.391. The highest BCUT2D eigenvalue weighted by Crippen LogP contribution is 2.43. The first-order valence-corrected chi connectivity index (χ1v) is 12.6. The Balaban J connectivity index is 1.65. The molecular weight excluding hydrogens is 430 g/mol. The number of rotatable bonds is 7. The van der Waals surface area contributed by atoms with Gasteiger partial charge in [0.05, 0.1) is 28.1 Å². The van der Waals surface area contributed by atoms with Crippen molar-refractivity contribution in [3.8, 4) is 11.3 Å². The van der Waals surface area contributed by atoms with Gasteiger partial charge in [0.2, 0.25) is 0 Å². The van der Waals surface area contributed by atoms with E-state index in [0.717, 1.165) is 70.1 Å². The molecule has 0 unspecified atom stereocenters. The van der Waals surface area contributed by atoms with Crippen LogP contribution in [0.4, 0.5) is 5.82 Å². The molecule has 0 fully saturated rings. The molecule has 1 aromatic carbocycles. The molecule has 172 valence electrons. The van der Waals surface area contributed by atoms with Gasteiger partial charge < -0.3 is 15.0 Å². The maximum atomic E-state index is 6.23. The normalized spacial score (nSPS) is 15.3. The monoisotopic (exact) mass is 461 g/mol. The molecule has 6 nitrogen and oxygen atoms in total. The van der Waals surface area contributed by atoms with Crippen molar-refractivity contribution in [3.05, 3.63) is 47.8 Å². The van der Waals surface area contributed by atoms with Gasteiger partial charge in [-0.1, -0.05) is 44.2 Å². The fourth-order valence-electron chi connectivity index (χ4n) is 4.64. The first kappa shape index (κ1) is 22.2. The summed E-state index contributed by atoms with van der Waals surface area (Å²) in [6.07, 6.45) is 2.51. The van der Waals surface area contributed by atoms with Crippen molar-refractivity contribution in [2.45, 2.75) is 46.3 Å². The van der Waals surface area contributed by atoms with E-state index in [-0.39, 0.29) is 5.60 Å². The molecule has 0 saturated carbocycles. The predicted octanol–water partition coefficient (Wildman–Crippen LogP) is 5.51. The lowest BCUT2D eigenvalue weighted by Gasteiger charge is -2.33. The van der Waals surface area contributed by atoms with E-state index in [0.29, 0.717) is 6.61 Å². The molecule has 1 N–H and O–H groups in total. The van der Waals surface area contributed by atoms with Gasteiger partial charge in [-0.05, 0) is 32.5 Å². The van der Waals surface area contributed by atoms with E-state index < -0.39 is 0 Å². The maximum Gasteiger partial charge on any atom is 0.147 e. The van der Waals surface area contributed by atoms with Crippen molar-refractivity contribution in [1.82, 2.24) is 19.9 Å². The second kappa shape index (κ2) is 8.97. The number of aromatic nitrogens is 3. The molecule has 0 amide bonds. The van der Waals surface area contributed by atoms with Gasteiger partial charge in [0.1, 0.15) is 17.0 Å². The molecule has 0 atom stereocenters. The summed E-state index contributed by atoms with van der Waals surface area (Å²) in [5.41, 5.74) is 5.42. The van der Waals surface area contributed by atoms with Crippen LogP contribution in [-0.2, 0) is 17.8 Å². The molecular formula is C26H31N5OS. The van der Waals surface area contributed by atoms with E-state index in [1.54, 1.807) is 17.7 Å². The Morgan fingerprint density at radius 3 is 2.64 bits per heavy atom. The van der Waals surface area contributed by atoms with Gasteiger partial charge in [0.15, 0.2) is 0 Å². The number of likely N-dealkylation sites (N-methyl/N-ethyl adjacent to an activating group) is 1. The molecule has 3 aromatic heterocycles. The molecule has 1 aliphatic rings. The molecule has 4 aromatic rings. The van der Waals surface area contributed by atoms with E-state index in [9.17, 15) is 0 Å². The van der Waals surface area contributed by atoms with Gasteiger partial charge in [-0.25, -0.2) is 15.0 Å². The minimum atomic E-state index is -0.221. The van der Waals surface area contributed by atoms with Crippen LogP contribution in [0.5, 0.6) is 0 Å². The summed E-state index contributed by atoms with van der Waals surface area (Å²) < 4.78 is 7.31. The SMILES string of the molecule is CCN(CC)CCNc1ncnc2c1sc1nc(-c3ccccc3)c3c(c12)CC(C)(C)OC3. The Hall–Kier alpha value is -2.61. The molecule has 4 heterocycles. The minimum absolute atomic E-state index is 0.221. The smallest absolute Gasteiger partial charge is 0.147 e. The number of benzene rings is 1. The number of nitrogens with one attached hydrogen (secondary N) is 1. The topological polar surface area (TPSA) is 63.2 Å². The molecule has 0 saturated heterocycles. The number of thiophene rings is 1. The van der Waals surface area contributed by atoms with Crippen molar-refractivity contribution in [2.75, 3.05) is 31.5 Å². The Kier molecular flexibility index (Phi) is 6.03. The third-order valence-corrected chi connectivity index (χ3v) is 7.57. The van der Waals surface area contributed by atoms with E-state index >= 15 is 0 Å². The molecule has 7 heteroatoms. The van der Waals surface area contributed by atoms with E-state index in [2.05, 4.69) is 67.2 Å². The zero-order valence-electron chi connectivity index (χ0n) is 19.8. The summed E-state index contributed by atoms with van der Waals surface area (Å²) >= 11 is 1.69. The van der Waals surface area contributed by atoms with Crippen LogP contribution in [0.15, 0.2) is 36.7 Å². The second-order valence-electron chi connectivity index (χ2n) is 9.14. The van der Waals surface area contributed by atoms with Crippen molar-refractivity contribution >= 4 is 37.6 Å². The largest absolute Gasteiger partial charge is 0.370 e. The Bertz CT molecular complexity index is 1280. The van der Waals surface area contributed by atoms with Crippen LogP contribution in [0.25, 0.3) is 31.7 Å². The molecule has 1 aliphatic heterocycles. The fourth-order valence-corrected chi connectivity index (χ4v) is 5.76. The number of nitrogens with zero attached hydrogens (tertiary/aromatic N) is 4. The van der Waals surface area contributed by atoms with Crippen LogP contribution < -0.4 is 5.32 Å². The Labute approximate surface area is 199 Å². The van der Waals surface area contributed by atoms with Crippen LogP contribution in [0, 0.1) is 0 Å². The van der Waals surface area contributed by atoms with Crippen molar-refractivity contribution in [2.24, 2.45) is 0 Å². The van der Waals surface area contributed by atoms with Crippen LogP contribution in [0.3, 0.4) is 0 Å². The van der Waals surface area contributed by atoms with E-state index in [4.69, 9.17) is 14.7 Å². The zero-order valence-corrected chi connectivity index (χ0v) is 20.6. The highest BCUT2D eigenvalue weighted by molar-refractivity contribution is 7.26. The third-order valence-electron chi connectivity index (χ3n) is 6.49. The number of hydrogen-bond donors (Lipinski definition) is 1. The summed E-state index contributed by atoms with van der Waals surface area (Å²) in [6.45, 7) is 13.2. The average Bonchev–Trinajstić information content (AvgIpc) is 3.21. The molecule has 0 aliphatic carbocycles. The highest BCUT2D eigenvalue weighted by Gasteiger charge is 2.32. The summed E-state index contributed by atoms with van der Waals surface area (Å²) in [5.74, 6) is 0.900. The Morgan fingerprint density at radius 1 is 1.09 bits per heavy atom. The number of hydrogen-bond acceptors (Lipinski definition) is 7. The second-order valence-corrected chi connectivity index (χ2v) is 10.1. The minimum Gasteiger partial charge on any atom is -0.370 e. The number of pyridine rings is 1. The molecule has 5 rings (SSSR count). The lowest BCUT2D eigenvalue weighted by Crippen LogP contribution is -2.32. The molecule has 0 bridgehead atoms. The van der Waals surface area contributed by atoms with E-state index in [1.165, 1.54) is 11.1 Å². The van der Waals surface area contributed by atoms with Gasteiger partial charge >= 0.3 is 0 Å². The van der Waals surface area contributed by atoms with Crippen molar-refractivity contribution < 1.29 is 4.74 Å². The lowest BCUT2D eigenvalue weighted by molar-refractivity contribution is -0.0394. The zero-order chi connectivity index (χ0) is 23.0. The summed E-state index contributed by atoms with van der Waals surface area (Å²) in [7, 11) is 0. The van der Waals surface area contributed by atoms with Crippen LogP contribution in [0.2, 0.25) is 0 Å². The third kappa shape index (κ3) is 4.21. The standard InChI is InChI=1S/C26H31N5OS/c1-5-31(6-2)13-12-27-24-23-22(28-16-29-24)20-18-14-26(3,4)32-15-19(18)21(30-25(20)33-23)17-10-8-7-9-11-17/h7-11,16H,5-6,12-15H2,1-4H3,(H,27,28,29). The lowest BCUT2D eigenvalue weighted by atomic mass is 9.88. The van der Waals surface area contributed by atoms with Gasteiger partial charge in [0.25, 0.3) is 0 Å². The molecule has 33 heavy (non-hydrogen) atoms. The van der Waals surface area contributed by atoms with Crippen LogP contribution in [-0.4, -0.2) is 51.6 Å². The first-order chi connectivity index (χ1) is 16.0. The van der Waals surface area contributed by atoms with Gasteiger partial charge in [-0.2, -0.15) is 0 Å². The first-order valence-electron chi connectivity index (χ1n) is 11.7.